The molecule has 0 aliphatic carbocycles. The predicted octanol–water partition coefficient (Wildman–Crippen LogP) is 3.56. The number of ketones is 1. The van der Waals surface area contributed by atoms with Gasteiger partial charge in [0.15, 0.2) is 5.78 Å². The highest BCUT2D eigenvalue weighted by molar-refractivity contribution is 6.11. The van der Waals surface area contributed by atoms with Gasteiger partial charge in [-0.3, -0.25) is 9.79 Å². The van der Waals surface area contributed by atoms with Crippen molar-refractivity contribution >= 4 is 22.8 Å². The lowest BCUT2D eigenvalue weighted by Gasteiger charge is -2.06. The van der Waals surface area contributed by atoms with Gasteiger partial charge in [0, 0.05) is 22.7 Å². The first-order chi connectivity index (χ1) is 12.1. The largest absolute Gasteiger partial charge is 0.507 e. The van der Waals surface area contributed by atoms with E-state index < -0.39 is 0 Å². The summed E-state index contributed by atoms with van der Waals surface area (Å²) in [4.78, 5) is 16.6. The molecule has 126 valence electrons. The molecule has 0 heterocycles. The fourth-order valence-corrected chi connectivity index (χ4v) is 2.63. The van der Waals surface area contributed by atoms with Gasteiger partial charge in [0.1, 0.15) is 23.8 Å². The van der Waals surface area contributed by atoms with Crippen molar-refractivity contribution in [1.29, 1.82) is 0 Å². The number of phenols is 2. The molecule has 0 saturated carbocycles. The number of hydrogen-bond acceptors (Lipinski definition) is 5. The summed E-state index contributed by atoms with van der Waals surface area (Å²) < 4.78 is 5.10. The van der Waals surface area contributed by atoms with Gasteiger partial charge in [-0.15, -0.1) is 0 Å². The maximum atomic E-state index is 12.5. The van der Waals surface area contributed by atoms with Gasteiger partial charge in [-0.2, -0.15) is 0 Å². The average Bonchev–Trinajstić information content (AvgIpc) is 2.63. The molecule has 25 heavy (non-hydrogen) atoms. The minimum absolute atomic E-state index is 0.0554. The minimum atomic E-state index is -0.217. The number of benzene rings is 3. The molecule has 0 spiro atoms. The van der Waals surface area contributed by atoms with Crippen molar-refractivity contribution in [1.82, 2.24) is 0 Å². The predicted molar refractivity (Wildman–Crippen MR) is 97.1 cm³/mol. The van der Waals surface area contributed by atoms with E-state index in [1.54, 1.807) is 36.4 Å². The topological polar surface area (TPSA) is 79.1 Å². The summed E-state index contributed by atoms with van der Waals surface area (Å²) in [6, 6.07) is 15.2. The lowest BCUT2D eigenvalue weighted by Crippen LogP contribution is -2.04. The molecule has 0 unspecified atom stereocenters. The third-order valence-corrected chi connectivity index (χ3v) is 3.88. The van der Waals surface area contributed by atoms with Crippen molar-refractivity contribution in [2.75, 3.05) is 13.7 Å². The third kappa shape index (κ3) is 3.45. The van der Waals surface area contributed by atoms with Gasteiger partial charge in [-0.1, -0.05) is 30.3 Å². The van der Waals surface area contributed by atoms with Crippen LogP contribution in [0.25, 0.3) is 10.8 Å². The number of fused-ring (bicyclic) bond motifs is 1. The monoisotopic (exact) mass is 335 g/mol. The van der Waals surface area contributed by atoms with Crippen molar-refractivity contribution in [3.05, 3.63) is 65.7 Å². The maximum Gasteiger partial charge on any atom is 0.184 e. The molecule has 0 atom stereocenters. The molecule has 2 N–H and O–H groups in total. The van der Waals surface area contributed by atoms with Crippen LogP contribution in [0.2, 0.25) is 0 Å². The molecular formula is C20H17NO4. The van der Waals surface area contributed by atoms with E-state index in [9.17, 15) is 15.0 Å². The number of aliphatic imine (C=N–C) groups is 1. The Morgan fingerprint density at radius 2 is 1.84 bits per heavy atom. The molecule has 5 nitrogen and oxygen atoms in total. The van der Waals surface area contributed by atoms with Gasteiger partial charge in [0.05, 0.1) is 7.11 Å². The van der Waals surface area contributed by atoms with Gasteiger partial charge in [0.25, 0.3) is 0 Å². The summed E-state index contributed by atoms with van der Waals surface area (Å²) >= 11 is 0. The molecule has 0 fully saturated rings. The smallest absolute Gasteiger partial charge is 0.184 e. The number of hydrogen-bond donors (Lipinski definition) is 2. The van der Waals surface area contributed by atoms with Crippen LogP contribution >= 0.6 is 0 Å². The molecule has 3 rings (SSSR count). The van der Waals surface area contributed by atoms with Gasteiger partial charge < -0.3 is 14.9 Å². The standard InChI is InChI=1S/C20H17NO4/c1-25-15-8-9-17(22)14(10-15)11-21-12-19(24)16-6-2-4-13-5-3-7-18(23)20(13)16/h2-11,22-23H,12H2,1H3. The fourth-order valence-electron chi connectivity index (χ4n) is 2.63. The summed E-state index contributed by atoms with van der Waals surface area (Å²) in [6.45, 7) is -0.0932. The number of rotatable bonds is 5. The molecule has 0 amide bonds. The summed E-state index contributed by atoms with van der Waals surface area (Å²) in [5.41, 5.74) is 0.885. The highest BCUT2D eigenvalue weighted by Gasteiger charge is 2.12. The number of aromatic hydroxyl groups is 2. The van der Waals surface area contributed by atoms with Crippen molar-refractivity contribution in [3.8, 4) is 17.2 Å². The SMILES string of the molecule is COc1ccc(O)c(C=NCC(=O)c2cccc3cccc(O)c23)c1. The van der Waals surface area contributed by atoms with Crippen LogP contribution in [0.4, 0.5) is 0 Å². The van der Waals surface area contributed by atoms with Crippen LogP contribution in [0.15, 0.2) is 59.6 Å². The van der Waals surface area contributed by atoms with E-state index in [1.807, 2.05) is 12.1 Å². The molecule has 3 aromatic rings. The zero-order valence-electron chi connectivity index (χ0n) is 13.6. The van der Waals surface area contributed by atoms with Crippen LogP contribution in [-0.4, -0.2) is 35.9 Å². The van der Waals surface area contributed by atoms with Crippen LogP contribution in [-0.2, 0) is 0 Å². The van der Waals surface area contributed by atoms with E-state index in [1.165, 1.54) is 19.4 Å². The van der Waals surface area contributed by atoms with Crippen molar-refractivity contribution in [2.45, 2.75) is 0 Å². The van der Waals surface area contributed by atoms with E-state index in [0.29, 0.717) is 22.3 Å². The molecular weight excluding hydrogens is 318 g/mol. The number of nitrogens with zero attached hydrogens (tertiary/aromatic N) is 1. The van der Waals surface area contributed by atoms with E-state index in [-0.39, 0.29) is 23.8 Å². The summed E-state index contributed by atoms with van der Waals surface area (Å²) in [5, 5.41) is 21.2. The van der Waals surface area contributed by atoms with Crippen LogP contribution in [0.3, 0.4) is 0 Å². The normalized spacial score (nSPS) is 11.1. The number of Topliss-reactive ketones (excluding diaryl/α,β-unsaturated/α-hetero) is 1. The summed E-state index contributed by atoms with van der Waals surface area (Å²) in [5.74, 6) is 0.492. The number of carbonyl (C=O) groups excluding carboxylic acids is 1. The Hall–Kier alpha value is -3.34. The first-order valence-electron chi connectivity index (χ1n) is 7.71. The Morgan fingerprint density at radius 1 is 1.08 bits per heavy atom. The van der Waals surface area contributed by atoms with Crippen LogP contribution in [0.1, 0.15) is 15.9 Å². The molecule has 0 saturated heterocycles. The zero-order chi connectivity index (χ0) is 17.8. The van der Waals surface area contributed by atoms with Gasteiger partial charge >= 0.3 is 0 Å². The Labute approximate surface area is 144 Å². The highest BCUT2D eigenvalue weighted by atomic mass is 16.5. The second-order valence-electron chi connectivity index (χ2n) is 5.50. The Bertz CT molecular complexity index is 958. The molecule has 0 aliphatic rings. The Morgan fingerprint density at radius 3 is 2.60 bits per heavy atom. The summed E-state index contributed by atoms with van der Waals surface area (Å²) in [6.07, 6.45) is 1.43. The second kappa shape index (κ2) is 7.05. The zero-order valence-corrected chi connectivity index (χ0v) is 13.6. The van der Waals surface area contributed by atoms with Gasteiger partial charge in [0.2, 0.25) is 0 Å². The quantitative estimate of drug-likeness (QED) is 0.552. The second-order valence-corrected chi connectivity index (χ2v) is 5.50. The Balaban J connectivity index is 1.84. The minimum Gasteiger partial charge on any atom is -0.507 e. The van der Waals surface area contributed by atoms with Crippen LogP contribution in [0.5, 0.6) is 17.2 Å². The number of carbonyl (C=O) groups is 1. The Kier molecular flexibility index (Phi) is 4.66. The molecule has 0 bridgehead atoms. The van der Waals surface area contributed by atoms with E-state index >= 15 is 0 Å². The molecule has 0 radical (unpaired) electrons. The molecule has 0 aliphatic heterocycles. The number of phenolic OH excluding ortho intramolecular Hbond substituents is 2. The van der Waals surface area contributed by atoms with E-state index in [2.05, 4.69) is 4.99 Å². The van der Waals surface area contributed by atoms with E-state index in [4.69, 9.17) is 4.74 Å². The fraction of sp³-hybridized carbons (Fsp3) is 0.100. The van der Waals surface area contributed by atoms with Crippen molar-refractivity contribution in [2.24, 2.45) is 4.99 Å². The maximum absolute atomic E-state index is 12.5. The lowest BCUT2D eigenvalue weighted by molar-refractivity contribution is 0.100. The first kappa shape index (κ1) is 16.5. The van der Waals surface area contributed by atoms with Crippen LogP contribution in [0, 0.1) is 0 Å². The van der Waals surface area contributed by atoms with Crippen molar-refractivity contribution < 1.29 is 19.7 Å². The third-order valence-electron chi connectivity index (χ3n) is 3.88. The molecule has 5 heteroatoms. The van der Waals surface area contributed by atoms with Crippen molar-refractivity contribution in [3.63, 3.8) is 0 Å². The molecule has 3 aromatic carbocycles. The lowest BCUT2D eigenvalue weighted by atomic mass is 10.0. The first-order valence-corrected chi connectivity index (χ1v) is 7.71. The number of methoxy groups -OCH3 is 1. The average molecular weight is 335 g/mol. The summed E-state index contributed by atoms with van der Waals surface area (Å²) in [7, 11) is 1.53. The molecule has 0 aromatic heterocycles. The van der Waals surface area contributed by atoms with Gasteiger partial charge in [-0.05, 0) is 29.7 Å². The highest BCUT2D eigenvalue weighted by Crippen LogP contribution is 2.28. The van der Waals surface area contributed by atoms with Gasteiger partial charge in [-0.25, -0.2) is 0 Å². The van der Waals surface area contributed by atoms with Crippen LogP contribution < -0.4 is 4.74 Å². The number of ether oxygens (including phenoxy) is 1. The van der Waals surface area contributed by atoms with E-state index in [0.717, 1.165) is 5.39 Å².